The summed E-state index contributed by atoms with van der Waals surface area (Å²) in [6.45, 7) is 18.1. The van der Waals surface area contributed by atoms with Crippen LogP contribution >= 0.6 is 0 Å². The average molecular weight is 399 g/mol. The zero-order valence-electron chi connectivity index (χ0n) is 18.0. The smallest absolute Gasteiger partial charge is 0.0710 e. The number of hydrogen-bond acceptors (Lipinski definition) is 0. The fourth-order valence-corrected chi connectivity index (χ4v) is 14.2. The van der Waals surface area contributed by atoms with Crippen molar-refractivity contribution in [2.24, 2.45) is 0 Å². The van der Waals surface area contributed by atoms with E-state index in [9.17, 15) is 0 Å². The maximum absolute atomic E-state index is 2.66. The van der Waals surface area contributed by atoms with Crippen LogP contribution in [0.25, 0.3) is 11.1 Å². The van der Waals surface area contributed by atoms with Gasteiger partial charge in [0.15, 0.2) is 0 Å². The van der Waals surface area contributed by atoms with Gasteiger partial charge in [-0.3, -0.25) is 0 Å². The predicted octanol–water partition coefficient (Wildman–Crippen LogP) is 7.17. The minimum absolute atomic E-state index is 0.923. The van der Waals surface area contributed by atoms with Gasteiger partial charge in [0.25, 0.3) is 0 Å². The average Bonchev–Trinajstić information content (AvgIpc) is 2.62. The molecule has 3 heteroatoms. The van der Waals surface area contributed by atoms with Crippen molar-refractivity contribution in [2.75, 3.05) is 0 Å². The summed E-state index contributed by atoms with van der Waals surface area (Å²) in [4.78, 5) is 0. The van der Waals surface area contributed by atoms with E-state index < -0.39 is 23.3 Å². The first kappa shape index (κ1) is 21.4. The molecule has 2 aromatic carbocycles. The highest BCUT2D eigenvalue weighted by Gasteiger charge is 2.41. The van der Waals surface area contributed by atoms with E-state index in [1.54, 1.807) is 5.19 Å². The summed E-state index contributed by atoms with van der Waals surface area (Å²) in [5.41, 5.74) is 2.66. The van der Waals surface area contributed by atoms with Crippen molar-refractivity contribution in [1.29, 1.82) is 0 Å². The molecule has 0 amide bonds. The van der Waals surface area contributed by atoms with Crippen LogP contribution in [-0.2, 0) is 0 Å². The molecular weight excluding hydrogens is 361 g/mol. The van der Waals surface area contributed by atoms with Gasteiger partial charge in [-0.2, -0.15) is 0 Å². The zero-order valence-corrected chi connectivity index (χ0v) is 21.0. The minimum atomic E-state index is -1.38. The predicted molar refractivity (Wildman–Crippen MR) is 129 cm³/mol. The van der Waals surface area contributed by atoms with E-state index in [0.29, 0.717) is 0 Å². The summed E-state index contributed by atoms with van der Waals surface area (Å²) in [6.07, 6.45) is 1.46. The SMILES string of the molecule is CC[Si](C)(C)CCC[Si](C)(C)[Si](C)(C)c1ccc(-c2ccccc2)cc1. The molecule has 0 atom stereocenters. The Morgan fingerprint density at radius 1 is 0.654 bits per heavy atom. The molecule has 26 heavy (non-hydrogen) atoms. The third-order valence-corrected chi connectivity index (χ3v) is 29.2. The standard InChI is InChI=1S/C23H38Si3/c1-8-24(2,3)19-12-20-25(4,5)26(6,7)23-17-15-22(16-18-23)21-13-10-9-11-14-21/h9-11,13-18H,8,12,19-20H2,1-7H3. The van der Waals surface area contributed by atoms with E-state index in [0.717, 1.165) is 0 Å². The van der Waals surface area contributed by atoms with Crippen LogP contribution in [0, 0.1) is 0 Å². The first-order valence-corrected chi connectivity index (χ1v) is 20.9. The van der Waals surface area contributed by atoms with Crippen LogP contribution in [0.1, 0.15) is 13.3 Å². The molecule has 0 spiro atoms. The Hall–Kier alpha value is -0.909. The van der Waals surface area contributed by atoms with Crippen LogP contribution in [0.2, 0.25) is 57.4 Å². The van der Waals surface area contributed by atoms with Crippen LogP contribution < -0.4 is 5.19 Å². The van der Waals surface area contributed by atoms with Crippen molar-refractivity contribution >= 4 is 28.4 Å². The molecule has 0 fully saturated rings. The number of rotatable bonds is 8. The molecule has 0 aliphatic carbocycles. The highest BCUT2D eigenvalue weighted by atomic mass is 29.3. The van der Waals surface area contributed by atoms with E-state index in [1.165, 1.54) is 35.7 Å². The second-order valence-corrected chi connectivity index (χ2v) is 31.3. The minimum Gasteiger partial charge on any atom is -0.0710 e. The highest BCUT2D eigenvalue weighted by Crippen LogP contribution is 2.29. The summed E-state index contributed by atoms with van der Waals surface area (Å²) in [7, 11) is -3.53. The molecule has 0 aliphatic heterocycles. The molecule has 0 nitrogen and oxygen atoms in total. The van der Waals surface area contributed by atoms with Gasteiger partial charge in [-0.05, 0) is 11.1 Å². The van der Waals surface area contributed by atoms with Crippen molar-refractivity contribution in [3.8, 4) is 11.1 Å². The van der Waals surface area contributed by atoms with Crippen molar-refractivity contribution in [3.63, 3.8) is 0 Å². The van der Waals surface area contributed by atoms with E-state index >= 15 is 0 Å². The second-order valence-electron chi connectivity index (χ2n) is 9.82. The highest BCUT2D eigenvalue weighted by molar-refractivity contribution is 7.45. The summed E-state index contributed by atoms with van der Waals surface area (Å²) >= 11 is 0. The zero-order chi connectivity index (χ0) is 19.4. The Labute approximate surface area is 164 Å². The molecule has 0 aromatic heterocycles. The molecule has 0 saturated heterocycles. The largest absolute Gasteiger partial charge is 0.0738 e. The maximum Gasteiger partial charge on any atom is 0.0738 e. The lowest BCUT2D eigenvalue weighted by molar-refractivity contribution is 1.01. The topological polar surface area (TPSA) is 0 Å². The van der Waals surface area contributed by atoms with Crippen LogP contribution in [0.4, 0.5) is 0 Å². The van der Waals surface area contributed by atoms with Gasteiger partial charge < -0.3 is 0 Å². The van der Waals surface area contributed by atoms with Gasteiger partial charge >= 0.3 is 0 Å². The molecule has 2 rings (SSSR count). The molecule has 0 radical (unpaired) electrons. The lowest BCUT2D eigenvalue weighted by Gasteiger charge is -2.39. The molecule has 0 aliphatic rings. The van der Waals surface area contributed by atoms with Gasteiger partial charge in [0.1, 0.15) is 0 Å². The Morgan fingerprint density at radius 3 is 1.73 bits per heavy atom. The Morgan fingerprint density at radius 2 is 1.19 bits per heavy atom. The summed E-state index contributed by atoms with van der Waals surface area (Å²) < 4.78 is 0. The Kier molecular flexibility index (Phi) is 6.92. The van der Waals surface area contributed by atoms with Crippen molar-refractivity contribution in [1.82, 2.24) is 0 Å². The molecule has 0 unspecified atom stereocenters. The van der Waals surface area contributed by atoms with E-state index in [-0.39, 0.29) is 0 Å². The van der Waals surface area contributed by atoms with Crippen LogP contribution in [0.5, 0.6) is 0 Å². The van der Waals surface area contributed by atoms with E-state index in [1.807, 2.05) is 0 Å². The van der Waals surface area contributed by atoms with Gasteiger partial charge in [-0.25, -0.2) is 0 Å². The molecule has 2 aromatic rings. The molecule has 0 heterocycles. The maximum atomic E-state index is 2.66. The fraction of sp³-hybridized carbons (Fsp3) is 0.478. The quantitative estimate of drug-likeness (QED) is 0.413. The second kappa shape index (κ2) is 8.41. The van der Waals surface area contributed by atoms with Gasteiger partial charge in [-0.1, -0.05) is 131 Å². The van der Waals surface area contributed by atoms with E-state index in [4.69, 9.17) is 0 Å². The Bertz CT molecular complexity index is 685. The van der Waals surface area contributed by atoms with Crippen LogP contribution in [-0.4, -0.2) is 23.3 Å². The molecule has 0 saturated carbocycles. The Balaban J connectivity index is 2.12. The van der Waals surface area contributed by atoms with Crippen LogP contribution in [0.3, 0.4) is 0 Å². The summed E-state index contributed by atoms with van der Waals surface area (Å²) in [5, 5.41) is 1.65. The van der Waals surface area contributed by atoms with Gasteiger partial charge in [-0.15, -0.1) is 0 Å². The lowest BCUT2D eigenvalue weighted by Crippen LogP contribution is -2.62. The monoisotopic (exact) mass is 398 g/mol. The third-order valence-electron chi connectivity index (χ3n) is 7.02. The summed E-state index contributed by atoms with van der Waals surface area (Å²) in [5.74, 6) is 0. The molecule has 0 bridgehead atoms. The number of hydrogen-bond donors (Lipinski definition) is 0. The first-order valence-electron chi connectivity index (χ1n) is 10.2. The fourth-order valence-electron chi connectivity index (χ4n) is 3.60. The molecule has 142 valence electrons. The first-order chi connectivity index (χ1) is 12.1. The number of benzene rings is 2. The van der Waals surface area contributed by atoms with Crippen molar-refractivity contribution < 1.29 is 0 Å². The van der Waals surface area contributed by atoms with Crippen molar-refractivity contribution in [2.45, 2.75) is 70.8 Å². The normalized spacial score (nSPS) is 13.0. The molecule has 0 N–H and O–H groups in total. The molecular formula is C23H38Si3. The van der Waals surface area contributed by atoms with Gasteiger partial charge in [0, 0.05) is 15.7 Å². The van der Waals surface area contributed by atoms with E-state index in [2.05, 4.69) is 101 Å². The summed E-state index contributed by atoms with van der Waals surface area (Å²) in [6, 6.07) is 24.8. The van der Waals surface area contributed by atoms with Gasteiger partial charge in [0.05, 0.1) is 7.59 Å². The third kappa shape index (κ3) is 5.08. The van der Waals surface area contributed by atoms with Crippen molar-refractivity contribution in [3.05, 3.63) is 54.6 Å². The van der Waals surface area contributed by atoms with Gasteiger partial charge in [0.2, 0.25) is 0 Å². The lowest BCUT2D eigenvalue weighted by atomic mass is 10.1. The van der Waals surface area contributed by atoms with Crippen LogP contribution in [0.15, 0.2) is 54.6 Å².